The van der Waals surface area contributed by atoms with Crippen molar-refractivity contribution in [1.82, 2.24) is 9.97 Å². The van der Waals surface area contributed by atoms with Crippen molar-refractivity contribution in [1.29, 1.82) is 0 Å². The molecule has 0 bridgehead atoms. The van der Waals surface area contributed by atoms with Crippen LogP contribution in [0.3, 0.4) is 0 Å². The van der Waals surface area contributed by atoms with Gasteiger partial charge in [-0.25, -0.2) is 9.55 Å². The molecule has 0 unspecified atom stereocenters. The van der Waals surface area contributed by atoms with Crippen LogP contribution in [0.1, 0.15) is 18.3 Å². The van der Waals surface area contributed by atoms with Crippen LogP contribution < -0.4 is 10.5 Å². The number of H-pyrrole nitrogens is 1. The first kappa shape index (κ1) is 26.4. The number of ether oxygens (including phenoxy) is 1. The Kier molecular flexibility index (Phi) is 8.22. The van der Waals surface area contributed by atoms with Crippen molar-refractivity contribution in [2.45, 2.75) is 35.5 Å². The van der Waals surface area contributed by atoms with Crippen LogP contribution in [0.15, 0.2) is 88.8 Å². The van der Waals surface area contributed by atoms with Crippen molar-refractivity contribution in [2.24, 2.45) is 5.73 Å². The standard InChI is InChI=1S/C25H25ClN3O5PS/c1-25(27,34-35(30,31)32)14-24-28-15-23(29-24)21-11-10-20(13-22(21)26)36-19-9-5-8-18(12-19)33-16-17-6-3-2-4-7-17/h2-13,15H,14,16,27H2,1H3,(H,28,29)(H2,30,31,32)/t25-/m1/s1. The Labute approximate surface area is 218 Å². The van der Waals surface area contributed by atoms with E-state index in [1.165, 1.54) is 6.92 Å². The average Bonchev–Trinajstić information content (AvgIpc) is 3.24. The van der Waals surface area contributed by atoms with Crippen molar-refractivity contribution < 1.29 is 23.6 Å². The first-order chi connectivity index (χ1) is 17.1. The Morgan fingerprint density at radius 3 is 2.56 bits per heavy atom. The van der Waals surface area contributed by atoms with E-state index in [4.69, 9.17) is 31.9 Å². The van der Waals surface area contributed by atoms with Crippen LogP contribution in [0.2, 0.25) is 5.02 Å². The molecule has 36 heavy (non-hydrogen) atoms. The zero-order chi connectivity index (χ0) is 25.8. The molecular formula is C25H25ClN3O5PS. The minimum absolute atomic E-state index is 0.0354. The van der Waals surface area contributed by atoms with Crippen LogP contribution in [0.5, 0.6) is 5.75 Å². The van der Waals surface area contributed by atoms with E-state index < -0.39 is 13.5 Å². The highest BCUT2D eigenvalue weighted by Gasteiger charge is 2.31. The molecule has 8 nitrogen and oxygen atoms in total. The molecule has 1 aromatic heterocycles. The lowest BCUT2D eigenvalue weighted by Crippen LogP contribution is -2.41. The summed E-state index contributed by atoms with van der Waals surface area (Å²) in [4.78, 5) is 27.3. The summed E-state index contributed by atoms with van der Waals surface area (Å²) in [7, 11) is -4.74. The largest absolute Gasteiger partial charge is 0.489 e. The van der Waals surface area contributed by atoms with Gasteiger partial charge in [-0.2, -0.15) is 0 Å². The molecule has 4 aromatic rings. The molecule has 0 radical (unpaired) electrons. The van der Waals surface area contributed by atoms with Crippen LogP contribution >= 0.6 is 31.2 Å². The van der Waals surface area contributed by atoms with Gasteiger partial charge in [0.2, 0.25) is 0 Å². The SMILES string of the molecule is C[C@](N)(Cc1ncc(-c2ccc(Sc3cccc(OCc4ccccc4)c3)cc2Cl)[nH]1)OP(=O)(O)O. The first-order valence-corrected chi connectivity index (χ1v) is 13.6. The maximum atomic E-state index is 11.1. The monoisotopic (exact) mass is 545 g/mol. The summed E-state index contributed by atoms with van der Waals surface area (Å²) < 4.78 is 21.7. The molecule has 4 rings (SSSR count). The Bertz CT molecular complexity index is 1380. The number of halogens is 1. The zero-order valence-electron chi connectivity index (χ0n) is 19.3. The number of rotatable bonds is 10. The molecule has 0 aliphatic rings. The lowest BCUT2D eigenvalue weighted by molar-refractivity contribution is 0.0538. The highest BCUT2D eigenvalue weighted by atomic mass is 35.5. The lowest BCUT2D eigenvalue weighted by atomic mass is 10.1. The van der Waals surface area contributed by atoms with Crippen molar-refractivity contribution in [3.8, 4) is 17.0 Å². The Balaban J connectivity index is 1.42. The molecule has 0 fully saturated rings. The van der Waals surface area contributed by atoms with E-state index in [-0.39, 0.29) is 6.42 Å². The number of benzene rings is 3. The van der Waals surface area contributed by atoms with E-state index in [9.17, 15) is 4.57 Å². The normalized spacial score (nSPS) is 13.4. The predicted molar refractivity (Wildman–Crippen MR) is 140 cm³/mol. The second kappa shape index (κ2) is 11.2. The molecule has 188 valence electrons. The number of imidazole rings is 1. The van der Waals surface area contributed by atoms with E-state index in [1.54, 1.807) is 18.0 Å². The van der Waals surface area contributed by atoms with Gasteiger partial charge in [-0.15, -0.1) is 0 Å². The van der Waals surface area contributed by atoms with Crippen LogP contribution in [0.4, 0.5) is 0 Å². The number of aromatic nitrogens is 2. The fourth-order valence-corrected chi connectivity index (χ4v) is 5.37. The maximum Gasteiger partial charge on any atom is 0.471 e. The zero-order valence-corrected chi connectivity index (χ0v) is 21.8. The maximum absolute atomic E-state index is 11.1. The molecule has 0 amide bonds. The van der Waals surface area contributed by atoms with Gasteiger partial charge in [0, 0.05) is 21.8 Å². The number of hydrogen-bond donors (Lipinski definition) is 4. The van der Waals surface area contributed by atoms with Crippen LogP contribution in [-0.4, -0.2) is 25.5 Å². The molecule has 1 heterocycles. The first-order valence-electron chi connectivity index (χ1n) is 10.9. The number of hydrogen-bond acceptors (Lipinski definition) is 6. The molecule has 11 heteroatoms. The molecular weight excluding hydrogens is 521 g/mol. The van der Waals surface area contributed by atoms with Gasteiger partial charge >= 0.3 is 7.82 Å². The van der Waals surface area contributed by atoms with E-state index in [1.807, 2.05) is 72.8 Å². The summed E-state index contributed by atoms with van der Waals surface area (Å²) in [5, 5.41) is 0.522. The molecule has 0 saturated heterocycles. The van der Waals surface area contributed by atoms with E-state index >= 15 is 0 Å². The molecule has 0 aliphatic heterocycles. The predicted octanol–water partition coefficient (Wildman–Crippen LogP) is 5.79. The van der Waals surface area contributed by atoms with Crippen LogP contribution in [0.25, 0.3) is 11.3 Å². The second-order valence-corrected chi connectivity index (χ2v) is 11.0. The molecule has 0 spiro atoms. The van der Waals surface area contributed by atoms with Crippen molar-refractivity contribution in [2.75, 3.05) is 0 Å². The third-order valence-electron chi connectivity index (χ3n) is 4.99. The second-order valence-electron chi connectivity index (χ2n) is 8.31. The summed E-state index contributed by atoms with van der Waals surface area (Å²) in [5.41, 5.74) is 6.73. The smallest absolute Gasteiger partial charge is 0.471 e. The molecule has 3 aromatic carbocycles. The lowest BCUT2D eigenvalue weighted by Gasteiger charge is -2.23. The summed E-state index contributed by atoms with van der Waals surface area (Å²) in [6.07, 6.45) is 1.55. The van der Waals surface area contributed by atoms with Crippen LogP contribution in [0, 0.1) is 0 Å². The molecule has 5 N–H and O–H groups in total. The minimum atomic E-state index is -4.74. The fraction of sp³-hybridized carbons (Fsp3) is 0.160. The molecule has 0 aliphatic carbocycles. The number of aromatic amines is 1. The third-order valence-corrected chi connectivity index (χ3v) is 6.94. The Morgan fingerprint density at radius 1 is 1.08 bits per heavy atom. The average molecular weight is 546 g/mol. The number of nitrogens with two attached hydrogens (primary N) is 1. The van der Waals surface area contributed by atoms with Gasteiger partial charge in [-0.1, -0.05) is 65.8 Å². The van der Waals surface area contributed by atoms with E-state index in [2.05, 4.69) is 14.5 Å². The van der Waals surface area contributed by atoms with Gasteiger partial charge in [-0.3, -0.25) is 4.52 Å². The van der Waals surface area contributed by atoms with E-state index in [0.717, 1.165) is 26.7 Å². The summed E-state index contributed by atoms with van der Waals surface area (Å²) in [6, 6.07) is 23.6. The van der Waals surface area contributed by atoms with Gasteiger partial charge in [-0.05, 0) is 42.8 Å². The Hall–Kier alpha value is -2.62. The fourth-order valence-electron chi connectivity index (χ4n) is 3.51. The van der Waals surface area contributed by atoms with Crippen molar-refractivity contribution in [3.05, 3.63) is 95.4 Å². The molecule has 1 atom stereocenters. The van der Waals surface area contributed by atoms with Gasteiger partial charge in [0.25, 0.3) is 0 Å². The number of phosphoric ester groups is 1. The van der Waals surface area contributed by atoms with Gasteiger partial charge in [0.15, 0.2) is 0 Å². The number of nitrogens with one attached hydrogen (secondary N) is 1. The number of phosphoric acid groups is 1. The van der Waals surface area contributed by atoms with Gasteiger partial charge < -0.3 is 25.2 Å². The number of nitrogens with zero attached hydrogens (tertiary/aromatic N) is 1. The van der Waals surface area contributed by atoms with Gasteiger partial charge in [0.1, 0.15) is 23.9 Å². The van der Waals surface area contributed by atoms with Crippen molar-refractivity contribution in [3.63, 3.8) is 0 Å². The Morgan fingerprint density at radius 2 is 1.83 bits per heavy atom. The summed E-state index contributed by atoms with van der Waals surface area (Å²) >= 11 is 8.13. The highest BCUT2D eigenvalue weighted by Crippen LogP contribution is 2.40. The van der Waals surface area contributed by atoms with Gasteiger partial charge in [0.05, 0.1) is 16.9 Å². The van der Waals surface area contributed by atoms with E-state index in [0.29, 0.717) is 23.1 Å². The highest BCUT2D eigenvalue weighted by molar-refractivity contribution is 7.99. The minimum Gasteiger partial charge on any atom is -0.489 e. The summed E-state index contributed by atoms with van der Waals surface area (Å²) in [5.74, 6) is 1.19. The quantitative estimate of drug-likeness (QED) is 0.145. The third kappa shape index (κ3) is 7.69. The van der Waals surface area contributed by atoms with Crippen molar-refractivity contribution >= 4 is 31.2 Å². The summed E-state index contributed by atoms with van der Waals surface area (Å²) in [6.45, 7) is 1.87. The molecule has 0 saturated carbocycles. The topological polar surface area (TPSA) is 131 Å². The van der Waals surface area contributed by atoms with Crippen LogP contribution in [-0.2, 0) is 22.1 Å².